The van der Waals surface area contributed by atoms with Crippen molar-refractivity contribution in [3.8, 4) is 0 Å². The molecule has 1 aliphatic rings. The number of halogens is 6. The van der Waals surface area contributed by atoms with Crippen molar-refractivity contribution in [2.24, 2.45) is 0 Å². The summed E-state index contributed by atoms with van der Waals surface area (Å²) in [5, 5.41) is 8.23. The standard InChI is InChI=1S/C7H6Cl6O2/c8-3-1-2-5(9,4(14)15)7(12,13)6(3,10)11/h3H,1-2H2,(H,14,15). The molecule has 0 amide bonds. The minimum absolute atomic E-state index is 0.00769. The largest absolute Gasteiger partial charge is 0.480 e. The molecule has 0 aromatic heterocycles. The third-order valence-corrected chi connectivity index (χ3v) is 6.71. The van der Waals surface area contributed by atoms with Crippen LogP contribution in [0.15, 0.2) is 0 Å². The predicted octanol–water partition coefficient (Wildman–Crippen LogP) is 3.80. The molecule has 0 saturated heterocycles. The van der Waals surface area contributed by atoms with Gasteiger partial charge in [0.05, 0.1) is 5.38 Å². The summed E-state index contributed by atoms with van der Waals surface area (Å²) >= 11 is 35.2. The lowest BCUT2D eigenvalue weighted by molar-refractivity contribution is -0.141. The first-order valence-electron chi connectivity index (χ1n) is 3.89. The summed E-state index contributed by atoms with van der Waals surface area (Å²) in [6.45, 7) is 0. The van der Waals surface area contributed by atoms with Gasteiger partial charge in [0.2, 0.25) is 0 Å². The van der Waals surface area contributed by atoms with E-state index in [2.05, 4.69) is 0 Å². The lowest BCUT2D eigenvalue weighted by atomic mass is 9.86. The molecule has 0 aromatic rings. The van der Waals surface area contributed by atoms with Crippen molar-refractivity contribution in [2.75, 3.05) is 0 Å². The molecule has 2 unspecified atom stereocenters. The monoisotopic (exact) mass is 332 g/mol. The Morgan fingerprint density at radius 2 is 1.67 bits per heavy atom. The molecular weight excluding hydrogens is 329 g/mol. The van der Waals surface area contributed by atoms with E-state index in [0.29, 0.717) is 0 Å². The Kier molecular flexibility index (Phi) is 3.95. The van der Waals surface area contributed by atoms with Crippen molar-refractivity contribution in [2.45, 2.75) is 31.8 Å². The zero-order valence-corrected chi connectivity index (χ0v) is 11.7. The Morgan fingerprint density at radius 1 is 1.20 bits per heavy atom. The van der Waals surface area contributed by atoms with Crippen molar-refractivity contribution in [3.05, 3.63) is 0 Å². The van der Waals surface area contributed by atoms with E-state index in [0.717, 1.165) is 0 Å². The van der Waals surface area contributed by atoms with Gasteiger partial charge in [0, 0.05) is 0 Å². The minimum Gasteiger partial charge on any atom is -0.480 e. The summed E-state index contributed by atoms with van der Waals surface area (Å²) in [7, 11) is 0. The van der Waals surface area contributed by atoms with Crippen LogP contribution in [0.3, 0.4) is 0 Å². The molecule has 15 heavy (non-hydrogen) atoms. The van der Waals surface area contributed by atoms with Crippen molar-refractivity contribution in [1.82, 2.24) is 0 Å². The quantitative estimate of drug-likeness (QED) is 0.741. The van der Waals surface area contributed by atoms with E-state index in [4.69, 9.17) is 74.7 Å². The molecule has 1 rings (SSSR count). The van der Waals surface area contributed by atoms with Gasteiger partial charge in [0.25, 0.3) is 0 Å². The molecule has 1 aliphatic carbocycles. The van der Waals surface area contributed by atoms with Gasteiger partial charge in [-0.1, -0.05) is 46.4 Å². The Balaban J connectivity index is 3.22. The van der Waals surface area contributed by atoms with Crippen LogP contribution < -0.4 is 0 Å². The molecular formula is C7H6Cl6O2. The maximum absolute atomic E-state index is 11.0. The first kappa shape index (κ1) is 14.3. The highest BCUT2D eigenvalue weighted by atomic mass is 35.5. The highest BCUT2D eigenvalue weighted by Crippen LogP contribution is 2.60. The number of aliphatic carboxylic acids is 1. The summed E-state index contributed by atoms with van der Waals surface area (Å²) in [4.78, 5) is 9.09. The van der Waals surface area contributed by atoms with Gasteiger partial charge in [-0.15, -0.1) is 23.2 Å². The van der Waals surface area contributed by atoms with Crippen molar-refractivity contribution in [1.29, 1.82) is 0 Å². The normalized spacial score (nSPS) is 38.7. The van der Waals surface area contributed by atoms with Crippen LogP contribution in [-0.2, 0) is 4.79 Å². The summed E-state index contributed by atoms with van der Waals surface area (Å²) in [6, 6.07) is 0. The summed E-state index contributed by atoms with van der Waals surface area (Å²) in [5.41, 5.74) is 0. The van der Waals surface area contributed by atoms with Crippen LogP contribution in [0.4, 0.5) is 0 Å². The number of hydrogen-bond acceptors (Lipinski definition) is 1. The van der Waals surface area contributed by atoms with Gasteiger partial charge in [0.15, 0.2) is 13.5 Å². The average Bonchev–Trinajstić information content (AvgIpc) is 2.10. The van der Waals surface area contributed by atoms with E-state index in [9.17, 15) is 4.79 Å². The lowest BCUT2D eigenvalue weighted by Gasteiger charge is -2.48. The Hall–Kier alpha value is 1.21. The maximum atomic E-state index is 11.0. The van der Waals surface area contributed by atoms with Crippen LogP contribution in [0.5, 0.6) is 0 Å². The van der Waals surface area contributed by atoms with Crippen molar-refractivity contribution < 1.29 is 9.90 Å². The fourth-order valence-electron chi connectivity index (χ4n) is 1.37. The first-order chi connectivity index (χ1) is 6.57. The molecule has 2 atom stereocenters. The van der Waals surface area contributed by atoms with Crippen LogP contribution in [0.25, 0.3) is 0 Å². The molecule has 2 nitrogen and oxygen atoms in total. The van der Waals surface area contributed by atoms with E-state index < -0.39 is 24.9 Å². The average molecular weight is 335 g/mol. The Labute approximate surface area is 117 Å². The molecule has 1 saturated carbocycles. The highest BCUT2D eigenvalue weighted by Gasteiger charge is 2.69. The molecule has 0 aliphatic heterocycles. The Bertz CT molecular complexity index is 291. The van der Waals surface area contributed by atoms with Crippen LogP contribution >= 0.6 is 69.6 Å². The molecule has 0 spiro atoms. The predicted molar refractivity (Wildman–Crippen MR) is 64.0 cm³/mol. The van der Waals surface area contributed by atoms with Crippen molar-refractivity contribution in [3.63, 3.8) is 0 Å². The number of carboxylic acids is 1. The lowest BCUT2D eigenvalue weighted by Crippen LogP contribution is -2.63. The summed E-state index contributed by atoms with van der Waals surface area (Å²) < 4.78 is -3.89. The van der Waals surface area contributed by atoms with Gasteiger partial charge in [-0.05, 0) is 12.8 Å². The number of hydrogen-bond donors (Lipinski definition) is 1. The van der Waals surface area contributed by atoms with Crippen LogP contribution in [0.2, 0.25) is 0 Å². The molecule has 0 aromatic carbocycles. The number of carboxylic acid groups (broad SMARTS) is 1. The maximum Gasteiger partial charge on any atom is 0.328 e. The molecule has 0 radical (unpaired) electrons. The first-order valence-corrected chi connectivity index (χ1v) is 6.22. The number of rotatable bonds is 1. The second kappa shape index (κ2) is 4.15. The van der Waals surface area contributed by atoms with E-state index in [1.807, 2.05) is 0 Å². The van der Waals surface area contributed by atoms with Crippen LogP contribution in [0.1, 0.15) is 12.8 Å². The van der Waals surface area contributed by atoms with E-state index in [1.165, 1.54) is 0 Å². The van der Waals surface area contributed by atoms with Gasteiger partial charge < -0.3 is 5.11 Å². The molecule has 1 N–H and O–H groups in total. The topological polar surface area (TPSA) is 37.3 Å². The molecule has 0 bridgehead atoms. The molecule has 1 fully saturated rings. The molecule has 0 heterocycles. The van der Waals surface area contributed by atoms with Crippen LogP contribution in [0, 0.1) is 0 Å². The fraction of sp³-hybridized carbons (Fsp3) is 0.857. The smallest absolute Gasteiger partial charge is 0.328 e. The number of alkyl halides is 6. The zero-order chi connectivity index (χ0) is 12.1. The van der Waals surface area contributed by atoms with E-state index >= 15 is 0 Å². The van der Waals surface area contributed by atoms with Gasteiger partial charge in [-0.2, -0.15) is 0 Å². The fourth-order valence-corrected chi connectivity index (χ4v) is 3.26. The zero-order valence-electron chi connectivity index (χ0n) is 7.11. The summed E-state index contributed by atoms with van der Waals surface area (Å²) in [5.74, 6) is -1.37. The van der Waals surface area contributed by atoms with E-state index in [1.54, 1.807) is 0 Å². The minimum atomic E-state index is -2.07. The Morgan fingerprint density at radius 3 is 2.07 bits per heavy atom. The second-order valence-electron chi connectivity index (χ2n) is 3.31. The SMILES string of the molecule is O=C(O)C1(Cl)CCC(Cl)C(Cl)(Cl)C1(Cl)Cl. The highest BCUT2D eigenvalue weighted by molar-refractivity contribution is 6.68. The van der Waals surface area contributed by atoms with Gasteiger partial charge >= 0.3 is 5.97 Å². The van der Waals surface area contributed by atoms with Gasteiger partial charge in [-0.25, -0.2) is 0 Å². The summed E-state index contributed by atoms with van der Waals surface area (Å²) in [6.07, 6.45) is 0.206. The molecule has 88 valence electrons. The van der Waals surface area contributed by atoms with Gasteiger partial charge in [-0.3, -0.25) is 4.79 Å². The van der Waals surface area contributed by atoms with Crippen LogP contribution in [-0.4, -0.2) is 30.0 Å². The third-order valence-electron chi connectivity index (χ3n) is 2.39. The molecule has 8 heteroatoms. The third kappa shape index (κ3) is 1.92. The van der Waals surface area contributed by atoms with Crippen molar-refractivity contribution >= 4 is 75.6 Å². The second-order valence-corrected chi connectivity index (χ2v) is 7.20. The van der Waals surface area contributed by atoms with E-state index in [-0.39, 0.29) is 12.8 Å². The number of carbonyl (C=O) groups is 1. The van der Waals surface area contributed by atoms with Gasteiger partial charge in [0.1, 0.15) is 0 Å².